The monoisotopic (exact) mass is 377 g/mol. The highest BCUT2D eigenvalue weighted by molar-refractivity contribution is 6.22. The average molecular weight is 378 g/mol. The highest BCUT2D eigenvalue weighted by Gasteiger charge is 2.47. The summed E-state index contributed by atoms with van der Waals surface area (Å²) >= 11 is 0. The Hall–Kier alpha value is -2.46. The zero-order valence-corrected chi connectivity index (χ0v) is 16.8. The number of piperidine rings is 1. The highest BCUT2D eigenvalue weighted by Crippen LogP contribution is 2.29. The molecule has 0 radical (unpaired) electrons. The molecule has 2 amide bonds. The van der Waals surface area contributed by atoms with Crippen LogP contribution < -0.4 is 9.80 Å². The van der Waals surface area contributed by atoms with Gasteiger partial charge in [0.15, 0.2) is 6.04 Å². The lowest BCUT2D eigenvalue weighted by Crippen LogP contribution is -3.17. The molecule has 1 atom stereocenters. The van der Waals surface area contributed by atoms with E-state index in [1.165, 1.54) is 15.4 Å². The summed E-state index contributed by atoms with van der Waals surface area (Å²) in [7, 11) is 0. The molecule has 4 nitrogen and oxygen atoms in total. The number of hydrogen-bond acceptors (Lipinski definition) is 2. The second-order valence-corrected chi connectivity index (χ2v) is 8.36. The van der Waals surface area contributed by atoms with Crippen molar-refractivity contribution in [2.45, 2.75) is 45.6 Å². The molecule has 0 aromatic heterocycles. The van der Waals surface area contributed by atoms with E-state index in [2.05, 4.69) is 30.3 Å². The second-order valence-electron chi connectivity index (χ2n) is 8.36. The molecule has 28 heavy (non-hydrogen) atoms. The predicted octanol–water partition coefficient (Wildman–Crippen LogP) is 2.47. The predicted molar refractivity (Wildman–Crippen MR) is 110 cm³/mol. The lowest BCUT2D eigenvalue weighted by Gasteiger charge is -2.32. The van der Waals surface area contributed by atoms with Crippen molar-refractivity contribution in [1.29, 1.82) is 0 Å². The zero-order chi connectivity index (χ0) is 19.7. The quantitative estimate of drug-likeness (QED) is 0.832. The average Bonchev–Trinajstić information content (AvgIpc) is 2.98. The first-order valence-corrected chi connectivity index (χ1v) is 10.4. The Morgan fingerprint density at radius 2 is 1.57 bits per heavy atom. The Balaban J connectivity index is 1.42. The Morgan fingerprint density at radius 1 is 0.929 bits per heavy atom. The van der Waals surface area contributed by atoms with E-state index in [1.807, 2.05) is 32.0 Å². The molecule has 2 aliphatic heterocycles. The molecule has 0 spiro atoms. The fourth-order valence-electron chi connectivity index (χ4n) is 4.89. The molecule has 0 bridgehead atoms. The molecule has 1 N–H and O–H groups in total. The maximum atomic E-state index is 13.2. The van der Waals surface area contributed by atoms with E-state index in [0.29, 0.717) is 12.3 Å². The van der Waals surface area contributed by atoms with E-state index in [-0.39, 0.29) is 17.9 Å². The van der Waals surface area contributed by atoms with Crippen LogP contribution in [0.25, 0.3) is 0 Å². The van der Waals surface area contributed by atoms with Crippen LogP contribution in [-0.2, 0) is 16.0 Å². The molecule has 0 aliphatic carbocycles. The van der Waals surface area contributed by atoms with Gasteiger partial charge in [0, 0.05) is 0 Å². The van der Waals surface area contributed by atoms with Crippen molar-refractivity contribution >= 4 is 17.5 Å². The number of imide groups is 1. The third-order valence-corrected chi connectivity index (χ3v) is 6.42. The van der Waals surface area contributed by atoms with Crippen LogP contribution in [0.3, 0.4) is 0 Å². The van der Waals surface area contributed by atoms with E-state index in [4.69, 9.17) is 0 Å². The Kier molecular flexibility index (Phi) is 5.31. The number of amides is 2. The topological polar surface area (TPSA) is 41.8 Å². The van der Waals surface area contributed by atoms with Crippen LogP contribution in [0.15, 0.2) is 48.5 Å². The first-order chi connectivity index (χ1) is 13.5. The Bertz CT molecular complexity index is 849. The summed E-state index contributed by atoms with van der Waals surface area (Å²) in [6, 6.07) is 16.3. The van der Waals surface area contributed by atoms with Gasteiger partial charge in [-0.2, -0.15) is 0 Å². The smallest absolute Gasteiger partial charge is 0.292 e. The molecule has 2 fully saturated rings. The maximum Gasteiger partial charge on any atom is 0.292 e. The minimum atomic E-state index is -0.218. The van der Waals surface area contributed by atoms with Crippen molar-refractivity contribution in [1.82, 2.24) is 0 Å². The normalized spacial score (nSPS) is 25.4. The minimum Gasteiger partial charge on any atom is -0.324 e. The van der Waals surface area contributed by atoms with Crippen LogP contribution in [0.4, 0.5) is 5.69 Å². The van der Waals surface area contributed by atoms with Gasteiger partial charge < -0.3 is 4.90 Å². The van der Waals surface area contributed by atoms with Crippen LogP contribution in [0.2, 0.25) is 0 Å². The summed E-state index contributed by atoms with van der Waals surface area (Å²) in [6.45, 7) is 5.89. The molecule has 0 saturated carbocycles. The fourth-order valence-corrected chi connectivity index (χ4v) is 4.89. The summed E-state index contributed by atoms with van der Waals surface area (Å²) in [6.07, 6.45) is 3.68. The number of carbonyl (C=O) groups is 2. The van der Waals surface area contributed by atoms with Gasteiger partial charge in [-0.3, -0.25) is 9.59 Å². The first kappa shape index (κ1) is 18.9. The van der Waals surface area contributed by atoms with E-state index in [0.717, 1.165) is 49.2 Å². The van der Waals surface area contributed by atoms with Gasteiger partial charge in [0.1, 0.15) is 0 Å². The lowest BCUT2D eigenvalue weighted by atomic mass is 9.89. The number of para-hydroxylation sites is 1. The third kappa shape index (κ3) is 3.61. The summed E-state index contributed by atoms with van der Waals surface area (Å²) in [5.41, 5.74) is 4.15. The van der Waals surface area contributed by atoms with Crippen molar-refractivity contribution in [3.05, 3.63) is 65.2 Å². The molecule has 0 unspecified atom stereocenters. The molecule has 4 heteroatoms. The van der Waals surface area contributed by atoms with E-state index in [1.54, 1.807) is 0 Å². The van der Waals surface area contributed by atoms with Crippen LogP contribution in [-0.4, -0.2) is 30.9 Å². The Morgan fingerprint density at radius 3 is 2.21 bits per heavy atom. The van der Waals surface area contributed by atoms with Crippen molar-refractivity contribution in [2.24, 2.45) is 5.92 Å². The van der Waals surface area contributed by atoms with Gasteiger partial charge in [0.25, 0.3) is 5.91 Å². The number of benzene rings is 2. The minimum absolute atomic E-state index is 0.0149. The molecular weight excluding hydrogens is 348 g/mol. The molecule has 4 rings (SSSR count). The number of nitrogens with one attached hydrogen (secondary N) is 1. The number of hydrogen-bond donors (Lipinski definition) is 1. The molecule has 2 heterocycles. The van der Waals surface area contributed by atoms with Gasteiger partial charge in [-0.25, -0.2) is 4.90 Å². The molecular formula is C24H29N2O2+. The molecule has 2 aliphatic rings. The first-order valence-electron chi connectivity index (χ1n) is 10.4. The van der Waals surface area contributed by atoms with Crippen molar-refractivity contribution < 1.29 is 14.5 Å². The second kappa shape index (κ2) is 7.88. The maximum absolute atomic E-state index is 13.2. The van der Waals surface area contributed by atoms with Gasteiger partial charge >= 0.3 is 0 Å². The van der Waals surface area contributed by atoms with Gasteiger partial charge in [-0.15, -0.1) is 0 Å². The molecule has 2 aromatic carbocycles. The van der Waals surface area contributed by atoms with E-state index in [9.17, 15) is 9.59 Å². The van der Waals surface area contributed by atoms with Gasteiger partial charge in [0.2, 0.25) is 5.91 Å². The van der Waals surface area contributed by atoms with Gasteiger partial charge in [0.05, 0.1) is 25.2 Å². The highest BCUT2D eigenvalue weighted by atomic mass is 16.2. The number of rotatable bonds is 4. The van der Waals surface area contributed by atoms with Crippen molar-refractivity contribution in [2.75, 3.05) is 18.0 Å². The summed E-state index contributed by atoms with van der Waals surface area (Å²) in [5, 5.41) is 0. The zero-order valence-electron chi connectivity index (χ0n) is 16.8. The molecule has 2 aromatic rings. The number of carbonyl (C=O) groups excluding carboxylic acids is 2. The third-order valence-electron chi connectivity index (χ3n) is 6.42. The number of quaternary nitrogens is 1. The van der Waals surface area contributed by atoms with Gasteiger partial charge in [-0.1, -0.05) is 48.5 Å². The number of likely N-dealkylation sites (tertiary alicyclic amines) is 1. The number of aryl methyl sites for hydroxylation is 2. The number of nitrogens with zero attached hydrogens (tertiary/aromatic N) is 1. The van der Waals surface area contributed by atoms with Crippen LogP contribution >= 0.6 is 0 Å². The SMILES string of the molecule is Cc1cccc(C)c1N1C(=O)C[C@@H]([NH+]2CCC(Cc3ccccc3)CC2)C1=O. The van der Waals surface area contributed by atoms with Crippen molar-refractivity contribution in [3.63, 3.8) is 0 Å². The summed E-state index contributed by atoms with van der Waals surface area (Å²) < 4.78 is 0. The number of anilines is 1. The van der Waals surface area contributed by atoms with Crippen LogP contribution in [0.5, 0.6) is 0 Å². The Labute approximate surface area is 167 Å². The largest absolute Gasteiger partial charge is 0.324 e. The van der Waals surface area contributed by atoms with E-state index >= 15 is 0 Å². The van der Waals surface area contributed by atoms with Gasteiger partial charge in [-0.05, 0) is 55.7 Å². The lowest BCUT2D eigenvalue weighted by molar-refractivity contribution is -0.920. The summed E-state index contributed by atoms with van der Waals surface area (Å²) in [4.78, 5) is 28.7. The van der Waals surface area contributed by atoms with Crippen LogP contribution in [0, 0.1) is 19.8 Å². The van der Waals surface area contributed by atoms with E-state index < -0.39 is 0 Å². The fraction of sp³-hybridized carbons (Fsp3) is 0.417. The van der Waals surface area contributed by atoms with Crippen LogP contribution in [0.1, 0.15) is 36.0 Å². The summed E-state index contributed by atoms with van der Waals surface area (Å²) in [5.74, 6) is 0.610. The van der Waals surface area contributed by atoms with Crippen molar-refractivity contribution in [3.8, 4) is 0 Å². The molecule has 146 valence electrons. The standard InChI is InChI=1S/C24H28N2O2/c1-17-7-6-8-18(2)23(17)26-22(27)16-21(24(26)28)25-13-11-20(12-14-25)15-19-9-4-3-5-10-19/h3-10,20-21H,11-16H2,1-2H3/p+1/t21-/m1/s1. The molecule has 2 saturated heterocycles.